The summed E-state index contributed by atoms with van der Waals surface area (Å²) in [7, 11) is 0. The van der Waals surface area contributed by atoms with Crippen molar-refractivity contribution in [1.82, 2.24) is 10.6 Å². The van der Waals surface area contributed by atoms with Gasteiger partial charge in [0.05, 0.1) is 12.0 Å². The molecule has 4 N–H and O–H groups in total. The maximum atomic E-state index is 12.6. The van der Waals surface area contributed by atoms with E-state index in [4.69, 9.17) is 37.5 Å². The van der Waals surface area contributed by atoms with Gasteiger partial charge in [-0.1, -0.05) is 79.3 Å². The van der Waals surface area contributed by atoms with Crippen molar-refractivity contribution in [1.29, 1.82) is 0 Å². The molecule has 1 saturated heterocycles. The second-order valence-corrected chi connectivity index (χ2v) is 13.1. The van der Waals surface area contributed by atoms with Crippen LogP contribution in [0.15, 0.2) is 93.9 Å². The number of urea groups is 1. The van der Waals surface area contributed by atoms with Gasteiger partial charge in [0.15, 0.2) is 11.3 Å². The van der Waals surface area contributed by atoms with Crippen LogP contribution in [-0.4, -0.2) is 24.1 Å². The highest BCUT2D eigenvalue weighted by Gasteiger charge is 2.53. The number of rotatable bonds is 2. The van der Waals surface area contributed by atoms with Gasteiger partial charge in [-0.15, -0.1) is 0 Å². The molecule has 3 heterocycles. The Morgan fingerprint density at radius 2 is 1.37 bits per heavy atom. The van der Waals surface area contributed by atoms with Gasteiger partial charge >= 0.3 is 6.03 Å². The van der Waals surface area contributed by atoms with Gasteiger partial charge in [-0.2, -0.15) is 0 Å². The largest absolute Gasteiger partial charge is 0.485 e. The number of carbonyl (C=O) groups excluding carboxylic acids is 4. The number of halogens is 4. The van der Waals surface area contributed by atoms with Crippen LogP contribution in [0.2, 0.25) is 10.0 Å². The number of Topliss-reactive ketones (excluding diaryl/α,β-unsaturated/α-hetero) is 1. The highest BCUT2D eigenvalue weighted by molar-refractivity contribution is 9.10. The van der Waals surface area contributed by atoms with Crippen LogP contribution in [-0.2, 0) is 15.1 Å². The van der Waals surface area contributed by atoms with E-state index in [0.29, 0.717) is 39.1 Å². The molecule has 0 aliphatic carbocycles. The second-order valence-electron chi connectivity index (χ2n) is 10.4. The molecule has 46 heavy (non-hydrogen) atoms. The quantitative estimate of drug-likeness (QED) is 0.142. The molecule has 0 bridgehead atoms. The Morgan fingerprint density at radius 1 is 0.804 bits per heavy atom. The lowest BCUT2D eigenvalue weighted by atomic mass is 9.80. The Balaban J connectivity index is 0.000000171. The molecule has 0 saturated carbocycles. The van der Waals surface area contributed by atoms with E-state index >= 15 is 0 Å². The minimum atomic E-state index is -1.15. The van der Waals surface area contributed by atoms with Crippen molar-refractivity contribution in [2.45, 2.75) is 30.6 Å². The number of hydrogen-bond acceptors (Lipinski definition) is 6. The van der Waals surface area contributed by atoms with Crippen LogP contribution in [0.5, 0.6) is 11.5 Å². The van der Waals surface area contributed by atoms with Gasteiger partial charge in [0.2, 0.25) is 6.41 Å². The lowest BCUT2D eigenvalue weighted by Crippen LogP contribution is -2.48. The fraction of sp³-hybridized carbons (Fsp3) is 0.152. The van der Waals surface area contributed by atoms with Crippen molar-refractivity contribution in [2.24, 2.45) is 5.73 Å². The molecule has 4 aromatic rings. The molecule has 0 aromatic heterocycles. The molecular weight excluding hydrogens is 765 g/mol. The van der Waals surface area contributed by atoms with Gasteiger partial charge in [-0.25, -0.2) is 4.79 Å². The van der Waals surface area contributed by atoms with E-state index in [9.17, 15) is 14.4 Å². The van der Waals surface area contributed by atoms with Crippen molar-refractivity contribution >= 4 is 79.2 Å². The monoisotopic (exact) mass is 787 g/mol. The molecule has 4 amide bonds. The number of benzene rings is 4. The molecule has 4 aromatic carbocycles. The molecule has 7 rings (SSSR count). The Bertz CT molecular complexity index is 1840. The molecule has 0 radical (unpaired) electrons. The number of hydrogen-bond donors (Lipinski definition) is 3. The van der Waals surface area contributed by atoms with E-state index in [1.54, 1.807) is 36.4 Å². The fourth-order valence-electron chi connectivity index (χ4n) is 5.43. The number of ketones is 1. The molecule has 3 atom stereocenters. The van der Waals surface area contributed by atoms with Crippen LogP contribution in [0.1, 0.15) is 52.1 Å². The highest BCUT2D eigenvalue weighted by atomic mass is 79.9. The average molecular weight is 790 g/mol. The molecular formula is C33H25Br2Cl2N3O6. The zero-order valence-corrected chi connectivity index (χ0v) is 28.5. The predicted octanol–water partition coefficient (Wildman–Crippen LogP) is 7.57. The summed E-state index contributed by atoms with van der Waals surface area (Å²) in [5, 5.41) is 6.36. The van der Waals surface area contributed by atoms with Gasteiger partial charge in [0, 0.05) is 31.0 Å². The third kappa shape index (κ3) is 7.23. The third-order valence-electron chi connectivity index (χ3n) is 7.43. The molecule has 3 aliphatic rings. The van der Waals surface area contributed by atoms with Gasteiger partial charge in [0.25, 0.3) is 5.91 Å². The Hall–Kier alpha value is -3.90. The number of carbonyl (C=O) groups is 4. The standard InChI is InChI=1S/C17H12BrClN2O3.C15H10BrClO2.CH3NO/c18-10-4-5-13-12(7-10)17(15(22)20-16(23)21-17)8-14(24-13)9-2-1-3-11(19)6-9;16-10-4-5-14-12(7-10)13(18)8-15(19-14)9-2-1-3-11(17)6-9;2-1-3/h1-7,14H,8H2,(H2,20,21,22,23);1-7,15H,8H2;1H,(H2,2,3). The summed E-state index contributed by atoms with van der Waals surface area (Å²) in [6.07, 6.45) is 0.208. The van der Waals surface area contributed by atoms with Crippen LogP contribution in [0.25, 0.3) is 0 Å². The lowest BCUT2D eigenvalue weighted by Gasteiger charge is -2.38. The van der Waals surface area contributed by atoms with Crippen LogP contribution in [0.4, 0.5) is 4.79 Å². The van der Waals surface area contributed by atoms with Crippen LogP contribution >= 0.6 is 55.1 Å². The van der Waals surface area contributed by atoms with Crippen molar-refractivity contribution in [3.8, 4) is 11.5 Å². The van der Waals surface area contributed by atoms with Crippen LogP contribution in [0.3, 0.4) is 0 Å². The zero-order chi connectivity index (χ0) is 33.0. The number of ether oxygens (including phenoxy) is 2. The smallest absolute Gasteiger partial charge is 0.322 e. The summed E-state index contributed by atoms with van der Waals surface area (Å²) in [5.74, 6) is 0.908. The molecule has 3 unspecified atom stereocenters. The number of primary amides is 1. The van der Waals surface area contributed by atoms with Crippen LogP contribution < -0.4 is 25.8 Å². The van der Waals surface area contributed by atoms with E-state index in [0.717, 1.165) is 20.1 Å². The van der Waals surface area contributed by atoms with Crippen LogP contribution in [0, 0.1) is 0 Å². The molecule has 1 spiro atoms. The van der Waals surface area contributed by atoms with E-state index in [-0.39, 0.29) is 30.6 Å². The SMILES string of the molecule is NC=O.O=C1CC(c2cccc(Cl)c2)Oc2ccc(Br)cc21.O=C1NC(=O)C2(CC(c3cccc(Cl)c3)Oc3ccc(Br)cc32)N1. The first-order valence-electron chi connectivity index (χ1n) is 13.8. The summed E-state index contributed by atoms with van der Waals surface area (Å²) in [6.45, 7) is 0. The molecule has 236 valence electrons. The number of nitrogens with two attached hydrogens (primary N) is 1. The van der Waals surface area contributed by atoms with E-state index in [2.05, 4.69) is 48.2 Å². The number of amides is 4. The fourth-order valence-corrected chi connectivity index (χ4v) is 6.55. The Kier molecular flexibility index (Phi) is 10.4. The minimum absolute atomic E-state index is 0.0903. The Labute approximate surface area is 291 Å². The average Bonchev–Trinajstić information content (AvgIpc) is 3.30. The van der Waals surface area contributed by atoms with Gasteiger partial charge in [-0.3, -0.25) is 19.7 Å². The molecule has 13 heteroatoms. The summed E-state index contributed by atoms with van der Waals surface area (Å²) in [4.78, 5) is 45.1. The highest BCUT2D eigenvalue weighted by Crippen LogP contribution is 2.47. The van der Waals surface area contributed by atoms with Gasteiger partial charge in [0.1, 0.15) is 23.7 Å². The summed E-state index contributed by atoms with van der Waals surface area (Å²) < 4.78 is 13.7. The first kappa shape index (κ1) is 33.5. The van der Waals surface area contributed by atoms with E-state index in [1.165, 1.54) is 0 Å². The van der Waals surface area contributed by atoms with Crippen molar-refractivity contribution in [2.75, 3.05) is 0 Å². The summed E-state index contributed by atoms with van der Waals surface area (Å²) in [6, 6.07) is 25.1. The van der Waals surface area contributed by atoms with E-state index < -0.39 is 17.7 Å². The number of fused-ring (bicyclic) bond motifs is 3. The lowest BCUT2D eigenvalue weighted by molar-refractivity contribution is -0.126. The predicted molar refractivity (Wildman–Crippen MR) is 180 cm³/mol. The van der Waals surface area contributed by atoms with E-state index in [1.807, 2.05) is 48.5 Å². The van der Waals surface area contributed by atoms with Crippen molar-refractivity contribution in [3.63, 3.8) is 0 Å². The molecule has 3 aliphatic heterocycles. The summed E-state index contributed by atoms with van der Waals surface area (Å²) >= 11 is 18.8. The van der Waals surface area contributed by atoms with Crippen molar-refractivity contribution < 1.29 is 28.7 Å². The molecule has 9 nitrogen and oxygen atoms in total. The summed E-state index contributed by atoms with van der Waals surface area (Å²) in [5.41, 5.74) is 6.06. The maximum Gasteiger partial charge on any atom is 0.322 e. The van der Waals surface area contributed by atoms with Gasteiger partial charge in [-0.05, 0) is 71.8 Å². The topological polar surface area (TPSA) is 137 Å². The normalized spacial score (nSPS) is 20.7. The number of imide groups is 1. The molecule has 1 fully saturated rings. The van der Waals surface area contributed by atoms with Crippen molar-refractivity contribution in [3.05, 3.63) is 126 Å². The minimum Gasteiger partial charge on any atom is -0.485 e. The maximum absolute atomic E-state index is 12.6. The first-order valence-corrected chi connectivity index (χ1v) is 16.1. The Morgan fingerprint density at radius 3 is 1.96 bits per heavy atom. The van der Waals surface area contributed by atoms with Gasteiger partial charge < -0.3 is 20.5 Å². The number of nitrogens with one attached hydrogen (secondary N) is 2. The third-order valence-corrected chi connectivity index (χ3v) is 8.88. The first-order chi connectivity index (χ1) is 22.0. The second kappa shape index (κ2) is 14.3. The zero-order valence-electron chi connectivity index (χ0n) is 23.8.